The zero-order valence-electron chi connectivity index (χ0n) is 22.0. The molecule has 4 aromatic rings. The third-order valence-corrected chi connectivity index (χ3v) is 8.70. The van der Waals surface area contributed by atoms with Crippen LogP contribution in [0.15, 0.2) is 54.7 Å². The van der Waals surface area contributed by atoms with Crippen LogP contribution in [0.5, 0.6) is 0 Å². The number of amides is 1. The number of ether oxygens (including phenoxy) is 1. The summed E-state index contributed by atoms with van der Waals surface area (Å²) >= 11 is 0. The van der Waals surface area contributed by atoms with E-state index >= 15 is 0 Å². The maximum atomic E-state index is 12.3. The average molecular weight is 508 g/mol. The molecule has 2 bridgehead atoms. The van der Waals surface area contributed by atoms with Gasteiger partial charge in [0.2, 0.25) is 0 Å². The molecular formula is C31H33N5O2. The molecule has 7 nitrogen and oxygen atoms in total. The minimum Gasteiger partial charge on any atom is -0.378 e. The Hall–Kier alpha value is -3.55. The lowest BCUT2D eigenvalue weighted by Gasteiger charge is -2.56. The van der Waals surface area contributed by atoms with Crippen LogP contribution in [0.25, 0.3) is 33.4 Å². The highest BCUT2D eigenvalue weighted by Crippen LogP contribution is 2.38. The molecule has 7 rings (SSSR count). The first-order valence-electron chi connectivity index (χ1n) is 13.7. The maximum Gasteiger partial charge on any atom is 0.253 e. The van der Waals surface area contributed by atoms with Gasteiger partial charge in [0.05, 0.1) is 18.9 Å². The number of hydrogen-bond donors (Lipinski definition) is 1. The van der Waals surface area contributed by atoms with Crippen LogP contribution in [0.2, 0.25) is 0 Å². The van der Waals surface area contributed by atoms with Gasteiger partial charge in [-0.05, 0) is 67.0 Å². The summed E-state index contributed by atoms with van der Waals surface area (Å²) in [6.07, 6.45) is 7.97. The first-order valence-corrected chi connectivity index (χ1v) is 13.7. The lowest BCUT2D eigenvalue weighted by atomic mass is 9.87. The smallest absolute Gasteiger partial charge is 0.253 e. The number of rotatable bonds is 4. The van der Waals surface area contributed by atoms with Gasteiger partial charge in [0, 0.05) is 60.5 Å². The standard InChI is InChI=1S/C31H33N5O2/c1-35(2)31(37)21-6-4-20(5-7-21)29-28-14-24(16-32-30(28)34-33-29)23-8-3-19-9-11-25(12-10-22(19)13-23)36-26-15-27(36)18-38-17-26/h3-8,13-14,16,25-27H,9-12,15,17-18H2,1-2H3,(H,32,33,34)/t25-,26?,27?/m0/s1. The summed E-state index contributed by atoms with van der Waals surface area (Å²) in [6, 6.07) is 18.7. The van der Waals surface area contributed by atoms with Crippen molar-refractivity contribution in [3.63, 3.8) is 0 Å². The second kappa shape index (κ2) is 9.33. The number of H-pyrrole nitrogens is 1. The number of nitrogens with one attached hydrogen (secondary N) is 1. The highest BCUT2D eigenvalue weighted by Gasteiger charge is 2.45. The molecule has 2 fully saturated rings. The predicted molar refractivity (Wildman–Crippen MR) is 148 cm³/mol. The molecule has 2 saturated heterocycles. The lowest BCUT2D eigenvalue weighted by Crippen LogP contribution is -2.66. The number of aryl methyl sites for hydroxylation is 2. The minimum absolute atomic E-state index is 0.00810. The van der Waals surface area contributed by atoms with Gasteiger partial charge in [-0.1, -0.05) is 30.3 Å². The molecule has 0 spiro atoms. The van der Waals surface area contributed by atoms with E-state index in [0.29, 0.717) is 29.3 Å². The van der Waals surface area contributed by atoms with Crippen molar-refractivity contribution < 1.29 is 9.53 Å². The normalized spacial score (nSPS) is 22.9. The van der Waals surface area contributed by atoms with Crippen molar-refractivity contribution in [3.8, 4) is 22.4 Å². The molecule has 3 atom stereocenters. The third kappa shape index (κ3) is 4.01. The van der Waals surface area contributed by atoms with Crippen LogP contribution < -0.4 is 0 Å². The number of benzene rings is 2. The quantitative estimate of drug-likeness (QED) is 0.405. The number of morpholine rings is 1. The van der Waals surface area contributed by atoms with Crippen molar-refractivity contribution in [1.82, 2.24) is 25.0 Å². The molecule has 2 unspecified atom stereocenters. The zero-order chi connectivity index (χ0) is 25.8. The van der Waals surface area contributed by atoms with Crippen molar-refractivity contribution in [1.29, 1.82) is 0 Å². The average Bonchev–Trinajstić information content (AvgIpc) is 3.27. The molecule has 7 heteroatoms. The topological polar surface area (TPSA) is 74.4 Å². The molecule has 38 heavy (non-hydrogen) atoms. The first-order chi connectivity index (χ1) is 18.5. The molecule has 1 N–H and O–H groups in total. The highest BCUT2D eigenvalue weighted by molar-refractivity contribution is 5.96. The van der Waals surface area contributed by atoms with Crippen LogP contribution in [-0.4, -0.2) is 76.3 Å². The highest BCUT2D eigenvalue weighted by atomic mass is 16.5. The number of fused-ring (bicyclic) bond motifs is 4. The van der Waals surface area contributed by atoms with Crippen molar-refractivity contribution >= 4 is 16.9 Å². The van der Waals surface area contributed by atoms with Crippen LogP contribution >= 0.6 is 0 Å². The van der Waals surface area contributed by atoms with E-state index in [1.807, 2.05) is 30.5 Å². The fraction of sp³-hybridized carbons (Fsp3) is 0.387. The van der Waals surface area contributed by atoms with Crippen molar-refractivity contribution in [2.75, 3.05) is 27.3 Å². The SMILES string of the molecule is CN(C)C(=O)c1ccc(-c2[nH]nc3ncc(-c4ccc5c(c4)CC[C@@H](N4C6COCC4C6)CC5)cc23)cc1. The number of aromatic amines is 1. The summed E-state index contributed by atoms with van der Waals surface area (Å²) in [5.74, 6) is -0.00810. The van der Waals surface area contributed by atoms with Gasteiger partial charge in [0.15, 0.2) is 5.65 Å². The van der Waals surface area contributed by atoms with Gasteiger partial charge in [-0.15, -0.1) is 0 Å². The summed E-state index contributed by atoms with van der Waals surface area (Å²) in [5, 5.41) is 8.58. The monoisotopic (exact) mass is 507 g/mol. The van der Waals surface area contributed by atoms with Gasteiger partial charge in [-0.2, -0.15) is 5.10 Å². The Morgan fingerprint density at radius 1 is 0.921 bits per heavy atom. The Morgan fingerprint density at radius 2 is 1.66 bits per heavy atom. The first kappa shape index (κ1) is 23.6. The van der Waals surface area contributed by atoms with Crippen LogP contribution in [-0.2, 0) is 17.6 Å². The minimum atomic E-state index is -0.00810. The Balaban J connectivity index is 1.15. The molecule has 2 aromatic carbocycles. The van der Waals surface area contributed by atoms with Gasteiger partial charge >= 0.3 is 0 Å². The largest absolute Gasteiger partial charge is 0.378 e. The summed E-state index contributed by atoms with van der Waals surface area (Å²) < 4.78 is 5.73. The number of carbonyl (C=O) groups excluding carboxylic acids is 1. The van der Waals surface area contributed by atoms with E-state index in [-0.39, 0.29) is 5.91 Å². The molecule has 2 aliphatic heterocycles. The third-order valence-electron chi connectivity index (χ3n) is 8.70. The molecule has 3 aliphatic rings. The van der Waals surface area contributed by atoms with Gasteiger partial charge in [-0.3, -0.25) is 14.8 Å². The second-order valence-corrected chi connectivity index (χ2v) is 11.2. The van der Waals surface area contributed by atoms with Gasteiger partial charge < -0.3 is 9.64 Å². The number of nitrogens with zero attached hydrogens (tertiary/aromatic N) is 4. The molecule has 0 saturated carbocycles. The molecule has 4 heterocycles. The fourth-order valence-electron chi connectivity index (χ4n) is 6.65. The maximum absolute atomic E-state index is 12.3. The predicted octanol–water partition coefficient (Wildman–Crippen LogP) is 4.71. The molecule has 1 amide bonds. The Morgan fingerprint density at radius 3 is 2.39 bits per heavy atom. The number of carbonyl (C=O) groups is 1. The number of pyridine rings is 1. The molecule has 194 valence electrons. The van der Waals surface area contributed by atoms with Crippen molar-refractivity contribution in [3.05, 3.63) is 71.4 Å². The zero-order valence-corrected chi connectivity index (χ0v) is 22.0. The summed E-state index contributed by atoms with van der Waals surface area (Å²) in [6.45, 7) is 1.82. The molecule has 2 aromatic heterocycles. The van der Waals surface area contributed by atoms with E-state index in [9.17, 15) is 4.79 Å². The van der Waals surface area contributed by atoms with Gasteiger partial charge in [0.1, 0.15) is 0 Å². The number of aromatic nitrogens is 3. The van der Waals surface area contributed by atoms with E-state index < -0.39 is 0 Å². The van der Waals surface area contributed by atoms with Crippen LogP contribution in [0.3, 0.4) is 0 Å². The lowest BCUT2D eigenvalue weighted by molar-refractivity contribution is -0.148. The molecular weight excluding hydrogens is 474 g/mol. The summed E-state index contributed by atoms with van der Waals surface area (Å²) in [7, 11) is 3.53. The second-order valence-electron chi connectivity index (χ2n) is 11.2. The van der Waals surface area contributed by atoms with Gasteiger partial charge in [0.25, 0.3) is 5.91 Å². The van der Waals surface area contributed by atoms with Gasteiger partial charge in [-0.25, -0.2) is 4.98 Å². The fourth-order valence-corrected chi connectivity index (χ4v) is 6.65. The Bertz CT molecular complexity index is 1490. The van der Waals surface area contributed by atoms with Crippen molar-refractivity contribution in [2.45, 2.75) is 50.2 Å². The van der Waals surface area contributed by atoms with E-state index in [1.165, 1.54) is 36.0 Å². The molecule has 0 radical (unpaired) electrons. The van der Waals surface area contributed by atoms with Crippen LogP contribution in [0.4, 0.5) is 0 Å². The molecule has 1 aliphatic carbocycles. The van der Waals surface area contributed by atoms with E-state index in [4.69, 9.17) is 4.74 Å². The number of hydrogen-bond acceptors (Lipinski definition) is 5. The van der Waals surface area contributed by atoms with E-state index in [1.54, 1.807) is 19.0 Å². The van der Waals surface area contributed by atoms with Crippen LogP contribution in [0.1, 0.15) is 40.7 Å². The summed E-state index contributed by atoms with van der Waals surface area (Å²) in [5.41, 5.74) is 8.51. The van der Waals surface area contributed by atoms with Crippen molar-refractivity contribution in [2.24, 2.45) is 0 Å². The van der Waals surface area contributed by atoms with Crippen LogP contribution in [0, 0.1) is 0 Å². The summed E-state index contributed by atoms with van der Waals surface area (Å²) in [4.78, 5) is 21.3. The van der Waals surface area contributed by atoms with E-state index in [2.05, 4.69) is 44.3 Å². The Kier molecular flexibility index (Phi) is 5.78. The Labute approximate surface area is 222 Å². The van der Waals surface area contributed by atoms with E-state index in [0.717, 1.165) is 48.3 Å².